The normalized spacial score (nSPS) is 16.6. The standard InChI is InChI=1S/C20H24BrNO5S/c1-25-14-5-4-13(18(26-2)19(14)27-3)17(15-6-7-16(21)28-15)22-10-8-12(9-11-22)20(23)24/h4-7,12,17H,8-11H2,1-3H3,(H,23,24). The van der Waals surface area contributed by atoms with Crippen molar-refractivity contribution in [1.82, 2.24) is 4.90 Å². The number of benzene rings is 1. The summed E-state index contributed by atoms with van der Waals surface area (Å²) in [5.41, 5.74) is 0.975. The Labute approximate surface area is 177 Å². The van der Waals surface area contributed by atoms with Crippen molar-refractivity contribution in [3.8, 4) is 17.2 Å². The lowest BCUT2D eigenvalue weighted by molar-refractivity contribution is -0.143. The van der Waals surface area contributed by atoms with Crippen molar-refractivity contribution in [2.45, 2.75) is 18.9 Å². The Balaban J connectivity index is 2.05. The SMILES string of the molecule is COc1ccc(C(c2ccc(Br)s2)N2CCC(C(=O)O)CC2)c(OC)c1OC. The van der Waals surface area contributed by atoms with Crippen LogP contribution in [0.3, 0.4) is 0 Å². The van der Waals surface area contributed by atoms with Gasteiger partial charge in [0.15, 0.2) is 11.5 Å². The molecule has 1 aromatic carbocycles. The van der Waals surface area contributed by atoms with Crippen LogP contribution < -0.4 is 14.2 Å². The summed E-state index contributed by atoms with van der Waals surface area (Å²) < 4.78 is 17.8. The summed E-state index contributed by atoms with van der Waals surface area (Å²) in [5, 5.41) is 9.34. The van der Waals surface area contributed by atoms with E-state index < -0.39 is 5.97 Å². The van der Waals surface area contributed by atoms with Crippen LogP contribution >= 0.6 is 27.3 Å². The summed E-state index contributed by atoms with van der Waals surface area (Å²) in [6.45, 7) is 1.41. The molecule has 0 bridgehead atoms. The number of likely N-dealkylation sites (tertiary alicyclic amines) is 1. The van der Waals surface area contributed by atoms with E-state index in [9.17, 15) is 9.90 Å². The monoisotopic (exact) mass is 469 g/mol. The molecule has 0 amide bonds. The maximum atomic E-state index is 11.4. The van der Waals surface area contributed by atoms with Gasteiger partial charge in [-0.15, -0.1) is 11.3 Å². The van der Waals surface area contributed by atoms with E-state index in [1.54, 1.807) is 32.7 Å². The quantitative estimate of drug-likeness (QED) is 0.646. The van der Waals surface area contributed by atoms with Crippen LogP contribution in [-0.2, 0) is 4.79 Å². The molecule has 0 spiro atoms. The van der Waals surface area contributed by atoms with Gasteiger partial charge in [0.2, 0.25) is 5.75 Å². The first kappa shape index (κ1) is 21.0. The van der Waals surface area contributed by atoms with Crippen molar-refractivity contribution in [3.05, 3.63) is 38.5 Å². The van der Waals surface area contributed by atoms with Crippen molar-refractivity contribution >= 4 is 33.2 Å². The predicted molar refractivity (Wildman–Crippen MR) is 112 cm³/mol. The molecule has 0 aliphatic carbocycles. The van der Waals surface area contributed by atoms with E-state index in [1.807, 2.05) is 18.2 Å². The zero-order chi connectivity index (χ0) is 20.3. The third kappa shape index (κ3) is 4.14. The molecule has 1 aliphatic heterocycles. The summed E-state index contributed by atoms with van der Waals surface area (Å²) >= 11 is 5.22. The summed E-state index contributed by atoms with van der Waals surface area (Å²) in [6.07, 6.45) is 1.27. The Morgan fingerprint density at radius 2 is 1.79 bits per heavy atom. The Morgan fingerprint density at radius 3 is 2.29 bits per heavy atom. The number of ether oxygens (including phenoxy) is 3. The fourth-order valence-corrected chi connectivity index (χ4v) is 5.33. The van der Waals surface area contributed by atoms with Crippen LogP contribution in [-0.4, -0.2) is 50.4 Å². The third-order valence-corrected chi connectivity index (χ3v) is 6.81. The van der Waals surface area contributed by atoms with Gasteiger partial charge in [-0.05, 0) is 66.1 Å². The highest BCUT2D eigenvalue weighted by atomic mass is 79.9. The van der Waals surface area contributed by atoms with Crippen LogP contribution in [0.25, 0.3) is 0 Å². The molecule has 1 aliphatic rings. The fourth-order valence-electron chi connectivity index (χ4n) is 3.75. The lowest BCUT2D eigenvalue weighted by Crippen LogP contribution is -2.39. The average Bonchev–Trinajstić information content (AvgIpc) is 3.13. The van der Waals surface area contributed by atoms with E-state index in [0.717, 1.165) is 14.2 Å². The van der Waals surface area contributed by atoms with E-state index in [0.29, 0.717) is 43.2 Å². The van der Waals surface area contributed by atoms with Gasteiger partial charge in [0, 0.05) is 10.4 Å². The first-order chi connectivity index (χ1) is 13.5. The van der Waals surface area contributed by atoms with Gasteiger partial charge in [-0.3, -0.25) is 9.69 Å². The van der Waals surface area contributed by atoms with Crippen LogP contribution in [0.4, 0.5) is 0 Å². The molecule has 1 aromatic heterocycles. The minimum Gasteiger partial charge on any atom is -0.493 e. The first-order valence-corrected chi connectivity index (χ1v) is 10.6. The van der Waals surface area contributed by atoms with Gasteiger partial charge in [0.05, 0.1) is 37.1 Å². The minimum atomic E-state index is -0.709. The zero-order valence-electron chi connectivity index (χ0n) is 16.1. The van der Waals surface area contributed by atoms with E-state index in [2.05, 4.69) is 26.9 Å². The molecule has 3 rings (SSSR count). The number of methoxy groups -OCH3 is 3. The van der Waals surface area contributed by atoms with Crippen LogP contribution in [0, 0.1) is 5.92 Å². The molecule has 6 nitrogen and oxygen atoms in total. The number of thiophene rings is 1. The molecule has 1 saturated heterocycles. The molecular weight excluding hydrogens is 446 g/mol. The molecule has 0 saturated carbocycles. The van der Waals surface area contributed by atoms with Crippen LogP contribution in [0.15, 0.2) is 28.1 Å². The van der Waals surface area contributed by atoms with Crippen molar-refractivity contribution in [3.63, 3.8) is 0 Å². The van der Waals surface area contributed by atoms with Gasteiger partial charge in [-0.1, -0.05) is 0 Å². The molecule has 1 fully saturated rings. The summed E-state index contributed by atoms with van der Waals surface area (Å²) in [5.74, 6) is 0.817. The molecule has 1 N–H and O–H groups in total. The molecule has 0 radical (unpaired) electrons. The van der Waals surface area contributed by atoms with Crippen LogP contribution in [0.2, 0.25) is 0 Å². The van der Waals surface area contributed by atoms with E-state index >= 15 is 0 Å². The van der Waals surface area contributed by atoms with Gasteiger partial charge in [0.25, 0.3) is 0 Å². The molecule has 152 valence electrons. The van der Waals surface area contributed by atoms with Gasteiger partial charge < -0.3 is 19.3 Å². The number of carbonyl (C=O) groups is 1. The maximum Gasteiger partial charge on any atom is 0.306 e. The highest BCUT2D eigenvalue weighted by molar-refractivity contribution is 9.11. The van der Waals surface area contributed by atoms with Gasteiger partial charge in [0.1, 0.15) is 0 Å². The number of rotatable bonds is 7. The Morgan fingerprint density at radius 1 is 1.11 bits per heavy atom. The Hall–Kier alpha value is -1.77. The first-order valence-electron chi connectivity index (χ1n) is 9.01. The average molecular weight is 470 g/mol. The lowest BCUT2D eigenvalue weighted by Gasteiger charge is -2.37. The number of aliphatic carboxylic acids is 1. The number of nitrogens with zero attached hydrogens (tertiary/aromatic N) is 1. The molecule has 2 heterocycles. The predicted octanol–water partition coefficient (Wildman–Crippen LogP) is 4.42. The van der Waals surface area contributed by atoms with Gasteiger partial charge >= 0.3 is 5.97 Å². The van der Waals surface area contributed by atoms with Crippen molar-refractivity contribution in [2.24, 2.45) is 5.92 Å². The van der Waals surface area contributed by atoms with E-state index in [1.165, 1.54) is 0 Å². The van der Waals surface area contributed by atoms with Crippen LogP contribution in [0.1, 0.15) is 29.3 Å². The molecule has 28 heavy (non-hydrogen) atoms. The second-order valence-electron chi connectivity index (χ2n) is 6.62. The summed E-state index contributed by atoms with van der Waals surface area (Å²) in [7, 11) is 4.82. The van der Waals surface area contributed by atoms with Gasteiger partial charge in [-0.2, -0.15) is 0 Å². The van der Waals surface area contributed by atoms with Crippen molar-refractivity contribution < 1.29 is 24.1 Å². The van der Waals surface area contributed by atoms with Crippen molar-refractivity contribution in [2.75, 3.05) is 34.4 Å². The Bertz CT molecular complexity index is 832. The zero-order valence-corrected chi connectivity index (χ0v) is 18.5. The number of carboxylic acids is 1. The third-order valence-electron chi connectivity index (χ3n) is 5.14. The molecular formula is C20H24BrNO5S. The fraction of sp³-hybridized carbons (Fsp3) is 0.450. The number of halogens is 1. The topological polar surface area (TPSA) is 68.2 Å². The highest BCUT2D eigenvalue weighted by Gasteiger charge is 2.33. The summed E-state index contributed by atoms with van der Waals surface area (Å²) in [6, 6.07) is 7.96. The van der Waals surface area contributed by atoms with E-state index in [-0.39, 0.29) is 12.0 Å². The van der Waals surface area contributed by atoms with Crippen LogP contribution in [0.5, 0.6) is 17.2 Å². The molecule has 2 aromatic rings. The number of hydrogen-bond donors (Lipinski definition) is 1. The van der Waals surface area contributed by atoms with Gasteiger partial charge in [-0.25, -0.2) is 0 Å². The lowest BCUT2D eigenvalue weighted by atomic mass is 9.93. The second-order valence-corrected chi connectivity index (χ2v) is 9.11. The highest BCUT2D eigenvalue weighted by Crippen LogP contribution is 2.47. The number of carboxylic acid groups (broad SMARTS) is 1. The molecule has 1 unspecified atom stereocenters. The smallest absolute Gasteiger partial charge is 0.306 e. The summed E-state index contributed by atoms with van der Waals surface area (Å²) in [4.78, 5) is 14.8. The van der Waals surface area contributed by atoms with E-state index in [4.69, 9.17) is 14.2 Å². The second kappa shape index (κ2) is 9.15. The van der Waals surface area contributed by atoms with Crippen molar-refractivity contribution in [1.29, 1.82) is 0 Å². The number of hydrogen-bond acceptors (Lipinski definition) is 6. The maximum absolute atomic E-state index is 11.4. The largest absolute Gasteiger partial charge is 0.493 e. The Kier molecular flexibility index (Phi) is 6.85. The number of piperidine rings is 1. The molecule has 8 heteroatoms. The molecule has 1 atom stereocenters. The minimum absolute atomic E-state index is 0.0548.